The van der Waals surface area contributed by atoms with Crippen LogP contribution in [0.4, 0.5) is 0 Å². The summed E-state index contributed by atoms with van der Waals surface area (Å²) in [5.74, 6) is 3.05. The number of nitrogens with zero attached hydrogens (tertiary/aromatic N) is 1. The Balaban J connectivity index is 2.48. The van der Waals surface area contributed by atoms with Crippen LogP contribution in [0.15, 0.2) is 24.3 Å². The van der Waals surface area contributed by atoms with Crippen LogP contribution in [0.25, 0.3) is 0 Å². The molecular formula is C17H30N2S. The van der Waals surface area contributed by atoms with Crippen LogP contribution in [0.5, 0.6) is 0 Å². The number of benzene rings is 1. The Morgan fingerprint density at radius 3 is 2.30 bits per heavy atom. The van der Waals surface area contributed by atoms with Gasteiger partial charge < -0.3 is 10.2 Å². The van der Waals surface area contributed by atoms with Gasteiger partial charge in [0.05, 0.1) is 0 Å². The predicted octanol–water partition coefficient (Wildman–Crippen LogP) is 3.44. The first-order chi connectivity index (χ1) is 9.52. The molecule has 0 amide bonds. The van der Waals surface area contributed by atoms with Crippen molar-refractivity contribution in [2.45, 2.75) is 26.3 Å². The Hall–Kier alpha value is -0.510. The summed E-state index contributed by atoms with van der Waals surface area (Å²) in [6, 6.07) is 9.58. The largest absolute Gasteiger partial charge is 0.312 e. The molecule has 0 fully saturated rings. The van der Waals surface area contributed by atoms with Gasteiger partial charge in [0.1, 0.15) is 0 Å². The molecule has 1 N–H and O–H groups in total. The van der Waals surface area contributed by atoms with Crippen molar-refractivity contribution in [1.29, 1.82) is 0 Å². The molecule has 20 heavy (non-hydrogen) atoms. The van der Waals surface area contributed by atoms with E-state index in [-0.39, 0.29) is 0 Å². The van der Waals surface area contributed by atoms with E-state index in [1.54, 1.807) is 0 Å². The van der Waals surface area contributed by atoms with E-state index in [1.807, 2.05) is 11.8 Å². The van der Waals surface area contributed by atoms with Gasteiger partial charge in [-0.05, 0) is 44.6 Å². The molecule has 0 aliphatic heterocycles. The van der Waals surface area contributed by atoms with Crippen LogP contribution < -0.4 is 5.32 Å². The fourth-order valence-corrected chi connectivity index (χ4v) is 3.41. The molecule has 0 aromatic heterocycles. The van der Waals surface area contributed by atoms with Crippen molar-refractivity contribution in [1.82, 2.24) is 10.2 Å². The van der Waals surface area contributed by atoms with E-state index >= 15 is 0 Å². The molecule has 1 unspecified atom stereocenters. The molecule has 0 saturated carbocycles. The summed E-state index contributed by atoms with van der Waals surface area (Å²) in [7, 11) is 6.31. The molecule has 0 heterocycles. The molecule has 0 bridgehead atoms. The third-order valence-corrected chi connectivity index (χ3v) is 4.38. The molecule has 1 atom stereocenters. The minimum absolute atomic E-state index is 0.454. The summed E-state index contributed by atoms with van der Waals surface area (Å²) in [5.41, 5.74) is 2.84. The maximum Gasteiger partial charge on any atom is 0.0409 e. The molecule has 114 valence electrons. The lowest BCUT2D eigenvalue weighted by Gasteiger charge is -2.18. The predicted molar refractivity (Wildman–Crippen MR) is 92.7 cm³/mol. The zero-order valence-corrected chi connectivity index (χ0v) is 14.5. The summed E-state index contributed by atoms with van der Waals surface area (Å²) in [4.78, 5) is 2.24. The highest BCUT2D eigenvalue weighted by Crippen LogP contribution is 2.19. The number of nitrogens with one attached hydrogen (secondary N) is 1. The highest BCUT2D eigenvalue weighted by atomic mass is 32.2. The Kier molecular flexibility index (Phi) is 8.27. The number of thioether (sulfide) groups is 1. The minimum atomic E-state index is 0.454. The van der Waals surface area contributed by atoms with Crippen molar-refractivity contribution in [2.75, 3.05) is 39.2 Å². The van der Waals surface area contributed by atoms with E-state index in [9.17, 15) is 0 Å². The summed E-state index contributed by atoms with van der Waals surface area (Å²) in [6.07, 6.45) is 1.17. The first-order valence-electron chi connectivity index (χ1n) is 7.51. The van der Waals surface area contributed by atoms with Crippen LogP contribution in [0.2, 0.25) is 0 Å². The minimum Gasteiger partial charge on any atom is -0.312 e. The lowest BCUT2D eigenvalue weighted by Crippen LogP contribution is -2.20. The van der Waals surface area contributed by atoms with Gasteiger partial charge in [0.2, 0.25) is 0 Å². The first kappa shape index (κ1) is 17.5. The zero-order valence-electron chi connectivity index (χ0n) is 13.6. The topological polar surface area (TPSA) is 15.3 Å². The molecule has 0 radical (unpaired) electrons. The smallest absolute Gasteiger partial charge is 0.0409 e. The highest BCUT2D eigenvalue weighted by molar-refractivity contribution is 7.99. The standard InChI is InChI=1S/C17H30N2S/c1-14(2)12-15-6-8-16(9-7-15)17(18-3)13-20-11-10-19(4)5/h6-9,14,17-18H,10-13H2,1-5H3. The van der Waals surface area contributed by atoms with Crippen molar-refractivity contribution in [3.8, 4) is 0 Å². The summed E-state index contributed by atoms with van der Waals surface area (Å²) >= 11 is 2.02. The van der Waals surface area contributed by atoms with E-state index in [1.165, 1.54) is 23.3 Å². The van der Waals surface area contributed by atoms with E-state index in [4.69, 9.17) is 0 Å². The van der Waals surface area contributed by atoms with Gasteiger partial charge in [0.15, 0.2) is 0 Å². The van der Waals surface area contributed by atoms with Gasteiger partial charge in [-0.15, -0.1) is 0 Å². The Labute approximate surface area is 129 Å². The van der Waals surface area contributed by atoms with E-state index in [2.05, 4.69) is 69.5 Å². The van der Waals surface area contributed by atoms with Crippen LogP contribution in [0.3, 0.4) is 0 Å². The maximum absolute atomic E-state index is 3.43. The van der Waals surface area contributed by atoms with Gasteiger partial charge in [-0.3, -0.25) is 0 Å². The normalized spacial score (nSPS) is 13.2. The second-order valence-corrected chi connectivity index (χ2v) is 7.21. The molecule has 1 rings (SSSR count). The van der Waals surface area contributed by atoms with Crippen molar-refractivity contribution in [3.05, 3.63) is 35.4 Å². The Bertz CT molecular complexity index is 360. The fourth-order valence-electron chi connectivity index (χ4n) is 2.15. The highest BCUT2D eigenvalue weighted by Gasteiger charge is 2.09. The van der Waals surface area contributed by atoms with Gasteiger partial charge in [0, 0.05) is 24.1 Å². The van der Waals surface area contributed by atoms with Crippen LogP contribution in [0, 0.1) is 5.92 Å². The lowest BCUT2D eigenvalue weighted by atomic mass is 10.00. The second-order valence-electron chi connectivity index (χ2n) is 6.06. The molecular weight excluding hydrogens is 264 g/mol. The SMILES string of the molecule is CNC(CSCCN(C)C)c1ccc(CC(C)C)cc1. The molecule has 1 aromatic rings. The van der Waals surface area contributed by atoms with E-state index in [0.717, 1.165) is 18.2 Å². The van der Waals surface area contributed by atoms with Crippen molar-refractivity contribution in [2.24, 2.45) is 5.92 Å². The maximum atomic E-state index is 3.43. The summed E-state index contributed by atoms with van der Waals surface area (Å²) < 4.78 is 0. The number of hydrogen-bond acceptors (Lipinski definition) is 3. The summed E-state index contributed by atoms with van der Waals surface area (Å²) in [5, 5.41) is 3.43. The van der Waals surface area contributed by atoms with Gasteiger partial charge in [-0.1, -0.05) is 38.1 Å². The average Bonchev–Trinajstić information content (AvgIpc) is 2.39. The van der Waals surface area contributed by atoms with Gasteiger partial charge in [-0.25, -0.2) is 0 Å². The fraction of sp³-hybridized carbons (Fsp3) is 0.647. The van der Waals surface area contributed by atoms with Crippen LogP contribution >= 0.6 is 11.8 Å². The number of rotatable bonds is 9. The molecule has 0 saturated heterocycles. The van der Waals surface area contributed by atoms with Crippen molar-refractivity contribution >= 4 is 11.8 Å². The molecule has 1 aromatic carbocycles. The van der Waals surface area contributed by atoms with Crippen LogP contribution in [-0.2, 0) is 6.42 Å². The monoisotopic (exact) mass is 294 g/mol. The van der Waals surface area contributed by atoms with E-state index in [0.29, 0.717) is 6.04 Å². The van der Waals surface area contributed by atoms with Crippen LogP contribution in [-0.4, -0.2) is 44.1 Å². The molecule has 2 nitrogen and oxygen atoms in total. The Morgan fingerprint density at radius 1 is 1.15 bits per heavy atom. The van der Waals surface area contributed by atoms with Gasteiger partial charge in [0.25, 0.3) is 0 Å². The molecule has 3 heteroatoms. The lowest BCUT2D eigenvalue weighted by molar-refractivity contribution is 0.437. The molecule has 0 aliphatic rings. The first-order valence-corrected chi connectivity index (χ1v) is 8.67. The van der Waals surface area contributed by atoms with Crippen molar-refractivity contribution in [3.63, 3.8) is 0 Å². The van der Waals surface area contributed by atoms with E-state index < -0.39 is 0 Å². The quantitative estimate of drug-likeness (QED) is 0.702. The molecule has 0 spiro atoms. The van der Waals surface area contributed by atoms with Gasteiger partial charge >= 0.3 is 0 Å². The number of hydrogen-bond donors (Lipinski definition) is 1. The second kappa shape index (κ2) is 9.43. The van der Waals surface area contributed by atoms with Gasteiger partial charge in [-0.2, -0.15) is 11.8 Å². The third-order valence-electron chi connectivity index (χ3n) is 3.34. The van der Waals surface area contributed by atoms with Crippen LogP contribution in [0.1, 0.15) is 31.0 Å². The zero-order chi connectivity index (χ0) is 15.0. The Morgan fingerprint density at radius 2 is 1.80 bits per heavy atom. The molecule has 0 aliphatic carbocycles. The average molecular weight is 295 g/mol. The third kappa shape index (κ3) is 6.78. The summed E-state index contributed by atoms with van der Waals surface area (Å²) in [6.45, 7) is 5.69. The van der Waals surface area contributed by atoms with Crippen molar-refractivity contribution < 1.29 is 0 Å².